The molecule has 0 saturated heterocycles. The third kappa shape index (κ3) is 2.15. The Morgan fingerprint density at radius 1 is 1.27 bits per heavy atom. The molecular formula is C8H18N2O. The molecule has 0 bridgehead atoms. The Hall–Kier alpha value is -0.120. The van der Waals surface area contributed by atoms with E-state index in [1.807, 2.05) is 0 Å². The van der Waals surface area contributed by atoms with Crippen LogP contribution in [0.4, 0.5) is 0 Å². The Morgan fingerprint density at radius 3 is 2.36 bits per heavy atom. The first-order valence-electron chi connectivity index (χ1n) is 4.27. The molecule has 0 aliphatic heterocycles. The zero-order valence-corrected chi connectivity index (χ0v) is 7.42. The molecule has 3 nitrogen and oxygen atoms in total. The van der Waals surface area contributed by atoms with Gasteiger partial charge in [0, 0.05) is 6.04 Å². The van der Waals surface area contributed by atoms with Crippen molar-refractivity contribution in [1.82, 2.24) is 4.90 Å². The second-order valence-electron chi connectivity index (χ2n) is 3.49. The van der Waals surface area contributed by atoms with Gasteiger partial charge in [-0.2, -0.15) is 0 Å². The molecule has 0 aromatic rings. The van der Waals surface area contributed by atoms with Crippen LogP contribution in [-0.2, 0) is 4.84 Å². The monoisotopic (exact) mass is 158 g/mol. The third-order valence-electron chi connectivity index (χ3n) is 2.51. The summed E-state index contributed by atoms with van der Waals surface area (Å²) < 4.78 is 0. The molecule has 1 saturated carbocycles. The van der Waals surface area contributed by atoms with Crippen molar-refractivity contribution in [2.75, 3.05) is 14.1 Å². The van der Waals surface area contributed by atoms with Crippen molar-refractivity contribution in [2.24, 2.45) is 5.90 Å². The average Bonchev–Trinajstić information content (AvgIpc) is 2.04. The SMILES string of the molecule is CN(C)[C@@H]1CCCC[C@H]1ON. The molecule has 0 heterocycles. The molecule has 3 heteroatoms. The highest BCUT2D eigenvalue weighted by Crippen LogP contribution is 2.22. The van der Waals surface area contributed by atoms with Crippen molar-refractivity contribution in [3.63, 3.8) is 0 Å². The highest BCUT2D eigenvalue weighted by atomic mass is 16.6. The standard InChI is InChI=1S/C8H18N2O/c1-10(2)7-5-3-4-6-8(7)11-9/h7-8H,3-6,9H2,1-2H3/t7-,8-/m1/s1. The van der Waals surface area contributed by atoms with Crippen LogP contribution >= 0.6 is 0 Å². The number of hydrogen-bond acceptors (Lipinski definition) is 3. The van der Waals surface area contributed by atoms with Crippen LogP contribution in [-0.4, -0.2) is 31.1 Å². The van der Waals surface area contributed by atoms with Crippen molar-refractivity contribution < 1.29 is 4.84 Å². The highest BCUT2D eigenvalue weighted by molar-refractivity contribution is 4.80. The summed E-state index contributed by atoms with van der Waals surface area (Å²) >= 11 is 0. The van der Waals surface area contributed by atoms with Gasteiger partial charge < -0.3 is 4.90 Å². The zero-order valence-electron chi connectivity index (χ0n) is 7.42. The van der Waals surface area contributed by atoms with Gasteiger partial charge in [-0.25, -0.2) is 5.90 Å². The second-order valence-corrected chi connectivity index (χ2v) is 3.49. The minimum atomic E-state index is 0.249. The fourth-order valence-corrected chi connectivity index (χ4v) is 1.83. The lowest BCUT2D eigenvalue weighted by atomic mass is 9.92. The molecule has 1 fully saturated rings. The van der Waals surface area contributed by atoms with Gasteiger partial charge in [-0.05, 0) is 26.9 Å². The maximum absolute atomic E-state index is 5.20. The van der Waals surface area contributed by atoms with Crippen LogP contribution in [0.2, 0.25) is 0 Å². The van der Waals surface area contributed by atoms with E-state index in [-0.39, 0.29) is 6.10 Å². The fraction of sp³-hybridized carbons (Fsp3) is 1.00. The van der Waals surface area contributed by atoms with E-state index >= 15 is 0 Å². The highest BCUT2D eigenvalue weighted by Gasteiger charge is 2.26. The Morgan fingerprint density at radius 2 is 1.91 bits per heavy atom. The quantitative estimate of drug-likeness (QED) is 0.603. The molecule has 0 unspecified atom stereocenters. The van der Waals surface area contributed by atoms with Crippen molar-refractivity contribution in [2.45, 2.75) is 37.8 Å². The van der Waals surface area contributed by atoms with Crippen molar-refractivity contribution in [1.29, 1.82) is 0 Å². The van der Waals surface area contributed by atoms with Gasteiger partial charge in [-0.1, -0.05) is 12.8 Å². The third-order valence-corrected chi connectivity index (χ3v) is 2.51. The summed E-state index contributed by atoms with van der Waals surface area (Å²) in [4.78, 5) is 7.13. The lowest BCUT2D eigenvalue weighted by Gasteiger charge is -2.34. The zero-order chi connectivity index (χ0) is 8.27. The lowest BCUT2D eigenvalue weighted by molar-refractivity contribution is -0.0246. The molecule has 0 amide bonds. The van der Waals surface area contributed by atoms with Crippen LogP contribution in [0.5, 0.6) is 0 Å². The maximum atomic E-state index is 5.20. The summed E-state index contributed by atoms with van der Waals surface area (Å²) in [5, 5.41) is 0. The van der Waals surface area contributed by atoms with Gasteiger partial charge in [0.2, 0.25) is 0 Å². The summed E-state index contributed by atoms with van der Waals surface area (Å²) in [6, 6.07) is 0.522. The van der Waals surface area contributed by atoms with Gasteiger partial charge >= 0.3 is 0 Å². The molecule has 1 rings (SSSR count). The first kappa shape index (κ1) is 8.97. The fourth-order valence-electron chi connectivity index (χ4n) is 1.83. The first-order valence-corrected chi connectivity index (χ1v) is 4.27. The Kier molecular flexibility index (Phi) is 3.30. The van der Waals surface area contributed by atoms with Crippen LogP contribution in [0.1, 0.15) is 25.7 Å². The van der Waals surface area contributed by atoms with E-state index in [0.29, 0.717) is 6.04 Å². The van der Waals surface area contributed by atoms with E-state index in [4.69, 9.17) is 10.7 Å². The van der Waals surface area contributed by atoms with Gasteiger partial charge in [0.25, 0.3) is 0 Å². The van der Waals surface area contributed by atoms with Crippen LogP contribution in [0.15, 0.2) is 0 Å². The van der Waals surface area contributed by atoms with Gasteiger partial charge in [0.05, 0.1) is 6.10 Å². The van der Waals surface area contributed by atoms with E-state index in [1.165, 1.54) is 19.3 Å². The second kappa shape index (κ2) is 4.04. The molecule has 2 atom stereocenters. The summed E-state index contributed by atoms with van der Waals surface area (Å²) in [5.74, 6) is 5.20. The summed E-state index contributed by atoms with van der Waals surface area (Å²) in [7, 11) is 4.17. The maximum Gasteiger partial charge on any atom is 0.0941 e. The predicted molar refractivity (Wildman–Crippen MR) is 45.0 cm³/mol. The molecule has 0 radical (unpaired) electrons. The summed E-state index contributed by atoms with van der Waals surface area (Å²) in [6.07, 6.45) is 5.14. The van der Waals surface area contributed by atoms with Crippen LogP contribution in [0.25, 0.3) is 0 Å². The number of likely N-dealkylation sites (N-methyl/N-ethyl adjacent to an activating group) is 1. The molecule has 2 N–H and O–H groups in total. The van der Waals surface area contributed by atoms with Crippen molar-refractivity contribution in [3.05, 3.63) is 0 Å². The van der Waals surface area contributed by atoms with E-state index in [9.17, 15) is 0 Å². The number of rotatable bonds is 2. The normalized spacial score (nSPS) is 32.7. The summed E-state index contributed by atoms with van der Waals surface area (Å²) in [5.41, 5.74) is 0. The minimum absolute atomic E-state index is 0.249. The largest absolute Gasteiger partial charge is 0.304 e. The Bertz CT molecular complexity index is 117. The Labute approximate surface area is 68.5 Å². The van der Waals surface area contributed by atoms with E-state index in [0.717, 1.165) is 6.42 Å². The Balaban J connectivity index is 2.44. The van der Waals surface area contributed by atoms with Crippen LogP contribution in [0.3, 0.4) is 0 Å². The average molecular weight is 158 g/mol. The van der Waals surface area contributed by atoms with Crippen LogP contribution < -0.4 is 5.90 Å². The molecule has 0 aromatic carbocycles. The van der Waals surface area contributed by atoms with E-state index < -0.39 is 0 Å². The van der Waals surface area contributed by atoms with Crippen molar-refractivity contribution >= 4 is 0 Å². The topological polar surface area (TPSA) is 38.5 Å². The molecular weight excluding hydrogens is 140 g/mol. The smallest absolute Gasteiger partial charge is 0.0941 e. The van der Waals surface area contributed by atoms with Crippen LogP contribution in [0, 0.1) is 0 Å². The van der Waals surface area contributed by atoms with Gasteiger partial charge in [0.15, 0.2) is 0 Å². The molecule has 11 heavy (non-hydrogen) atoms. The van der Waals surface area contributed by atoms with Crippen molar-refractivity contribution in [3.8, 4) is 0 Å². The van der Waals surface area contributed by atoms with Gasteiger partial charge in [0.1, 0.15) is 0 Å². The summed E-state index contributed by atoms with van der Waals surface area (Å²) in [6.45, 7) is 0. The van der Waals surface area contributed by atoms with E-state index in [2.05, 4.69) is 19.0 Å². The molecule has 0 spiro atoms. The number of nitrogens with zero attached hydrogens (tertiary/aromatic N) is 1. The molecule has 1 aliphatic rings. The van der Waals surface area contributed by atoms with Gasteiger partial charge in [-0.3, -0.25) is 4.84 Å². The molecule has 1 aliphatic carbocycles. The predicted octanol–water partition coefficient (Wildman–Crippen LogP) is 0.749. The molecule has 0 aromatic heterocycles. The number of nitrogens with two attached hydrogens (primary N) is 1. The lowest BCUT2D eigenvalue weighted by Crippen LogP contribution is -2.43. The molecule has 66 valence electrons. The first-order chi connectivity index (χ1) is 5.25. The van der Waals surface area contributed by atoms with E-state index in [1.54, 1.807) is 0 Å². The minimum Gasteiger partial charge on any atom is -0.304 e. The van der Waals surface area contributed by atoms with Gasteiger partial charge in [-0.15, -0.1) is 0 Å². The number of hydrogen-bond donors (Lipinski definition) is 1.